The van der Waals surface area contributed by atoms with Crippen LogP contribution in [0.2, 0.25) is 0 Å². The summed E-state index contributed by atoms with van der Waals surface area (Å²) in [4.78, 5) is 17.6. The molecule has 2 aliphatic rings. The number of rotatable bonds is 5. The van der Waals surface area contributed by atoms with Crippen molar-refractivity contribution in [3.8, 4) is 6.07 Å². The fourth-order valence-corrected chi connectivity index (χ4v) is 6.05. The first-order valence-corrected chi connectivity index (χ1v) is 12.4. The monoisotopic (exact) mass is 452 g/mol. The molecule has 0 unspecified atom stereocenters. The van der Waals surface area contributed by atoms with Crippen molar-refractivity contribution >= 4 is 15.9 Å². The Balaban J connectivity index is 1.37. The summed E-state index contributed by atoms with van der Waals surface area (Å²) < 4.78 is 27.7. The van der Waals surface area contributed by atoms with Crippen LogP contribution in [0.4, 0.5) is 0 Å². The van der Waals surface area contributed by atoms with Gasteiger partial charge < -0.3 is 4.90 Å². The number of sulfonamides is 1. The van der Waals surface area contributed by atoms with Crippen LogP contribution in [0.5, 0.6) is 0 Å². The smallest absolute Gasteiger partial charge is 0.243 e. The van der Waals surface area contributed by atoms with E-state index in [0.717, 1.165) is 30.8 Å². The molecule has 0 bridgehead atoms. The average Bonchev–Trinajstić information content (AvgIpc) is 3.31. The van der Waals surface area contributed by atoms with Crippen LogP contribution in [-0.2, 0) is 21.4 Å². The van der Waals surface area contributed by atoms with Crippen molar-refractivity contribution in [1.29, 1.82) is 5.26 Å². The van der Waals surface area contributed by atoms with Gasteiger partial charge in [0.15, 0.2) is 0 Å². The maximum absolute atomic E-state index is 13.2. The van der Waals surface area contributed by atoms with Gasteiger partial charge in [0.25, 0.3) is 0 Å². The quantitative estimate of drug-likeness (QED) is 0.695. The van der Waals surface area contributed by atoms with Gasteiger partial charge in [-0.3, -0.25) is 9.69 Å². The molecule has 168 valence electrons. The van der Waals surface area contributed by atoms with Crippen LogP contribution in [0, 0.1) is 18.3 Å². The molecule has 2 fully saturated rings. The third-order valence-corrected chi connectivity index (χ3v) is 8.21. The first-order valence-electron chi connectivity index (χ1n) is 11.0. The number of hydrogen-bond acceptors (Lipinski definition) is 5. The Morgan fingerprint density at radius 3 is 2.28 bits per heavy atom. The summed E-state index contributed by atoms with van der Waals surface area (Å²) in [6.07, 6.45) is 1.26. The molecule has 8 heteroatoms. The lowest BCUT2D eigenvalue weighted by atomic mass is 10.1. The number of benzene rings is 2. The highest BCUT2D eigenvalue weighted by Crippen LogP contribution is 2.28. The Morgan fingerprint density at radius 2 is 1.66 bits per heavy atom. The summed E-state index contributed by atoms with van der Waals surface area (Å²) in [5.41, 5.74) is 2.78. The molecule has 2 aromatic rings. The van der Waals surface area contributed by atoms with Gasteiger partial charge in [0.1, 0.15) is 6.04 Å². The van der Waals surface area contributed by atoms with Gasteiger partial charge in [0, 0.05) is 39.3 Å². The van der Waals surface area contributed by atoms with E-state index in [2.05, 4.69) is 11.0 Å². The minimum Gasteiger partial charge on any atom is -0.339 e. The Morgan fingerprint density at radius 1 is 1.00 bits per heavy atom. The Bertz CT molecular complexity index is 1100. The number of aryl methyl sites for hydroxylation is 1. The second-order valence-electron chi connectivity index (χ2n) is 8.50. The highest BCUT2D eigenvalue weighted by Gasteiger charge is 2.41. The van der Waals surface area contributed by atoms with E-state index in [1.807, 2.05) is 36.1 Å². The summed E-state index contributed by atoms with van der Waals surface area (Å²) in [5, 5.41) is 8.93. The minimum atomic E-state index is -3.69. The molecule has 4 rings (SSSR count). The molecule has 1 amide bonds. The largest absolute Gasteiger partial charge is 0.339 e. The highest BCUT2D eigenvalue weighted by atomic mass is 32.2. The molecule has 0 saturated carbocycles. The lowest BCUT2D eigenvalue weighted by molar-refractivity contribution is -0.136. The van der Waals surface area contributed by atoms with Crippen LogP contribution >= 0.6 is 0 Å². The van der Waals surface area contributed by atoms with Gasteiger partial charge in [0.05, 0.1) is 16.5 Å². The molecule has 0 radical (unpaired) electrons. The zero-order chi connectivity index (χ0) is 22.7. The molecule has 1 atom stereocenters. The average molecular weight is 453 g/mol. The van der Waals surface area contributed by atoms with Crippen molar-refractivity contribution in [1.82, 2.24) is 14.1 Å². The van der Waals surface area contributed by atoms with E-state index in [4.69, 9.17) is 5.26 Å². The van der Waals surface area contributed by atoms with Crippen LogP contribution in [0.15, 0.2) is 53.4 Å². The summed E-state index contributed by atoms with van der Waals surface area (Å²) in [6.45, 7) is 5.72. The maximum Gasteiger partial charge on any atom is 0.243 e. The fourth-order valence-electron chi connectivity index (χ4n) is 4.40. The molecular weight excluding hydrogens is 424 g/mol. The molecule has 32 heavy (non-hydrogen) atoms. The Hall–Kier alpha value is -2.73. The number of amides is 1. The number of carbonyl (C=O) groups excluding carboxylic acids is 1. The van der Waals surface area contributed by atoms with E-state index in [9.17, 15) is 13.2 Å². The van der Waals surface area contributed by atoms with Gasteiger partial charge in [-0.25, -0.2) is 8.42 Å². The topological polar surface area (TPSA) is 84.7 Å². The second kappa shape index (κ2) is 9.41. The molecule has 0 N–H and O–H groups in total. The van der Waals surface area contributed by atoms with E-state index in [0.29, 0.717) is 38.0 Å². The number of nitrogens with zero attached hydrogens (tertiary/aromatic N) is 4. The molecular formula is C24H28N4O3S. The zero-order valence-electron chi connectivity index (χ0n) is 18.3. The van der Waals surface area contributed by atoms with Crippen molar-refractivity contribution in [3.63, 3.8) is 0 Å². The molecule has 2 aromatic carbocycles. The van der Waals surface area contributed by atoms with E-state index in [1.54, 1.807) is 24.3 Å². The minimum absolute atomic E-state index is 0.0868. The van der Waals surface area contributed by atoms with Crippen molar-refractivity contribution < 1.29 is 13.2 Å². The fraction of sp³-hybridized carbons (Fsp3) is 0.417. The van der Waals surface area contributed by atoms with Crippen LogP contribution < -0.4 is 0 Å². The maximum atomic E-state index is 13.2. The number of nitriles is 1. The molecule has 2 heterocycles. The van der Waals surface area contributed by atoms with Crippen LogP contribution in [0.1, 0.15) is 29.5 Å². The molecule has 0 aliphatic carbocycles. The molecule has 2 saturated heterocycles. The van der Waals surface area contributed by atoms with Crippen molar-refractivity contribution in [2.75, 3.05) is 32.7 Å². The van der Waals surface area contributed by atoms with E-state index >= 15 is 0 Å². The van der Waals surface area contributed by atoms with Crippen LogP contribution in [0.3, 0.4) is 0 Å². The van der Waals surface area contributed by atoms with Crippen molar-refractivity contribution in [3.05, 3.63) is 65.2 Å². The Labute approximate surface area is 189 Å². The third-order valence-electron chi connectivity index (χ3n) is 6.29. The van der Waals surface area contributed by atoms with Crippen LogP contribution in [0.25, 0.3) is 0 Å². The summed E-state index contributed by atoms with van der Waals surface area (Å²) in [7, 11) is -3.69. The number of carbonyl (C=O) groups is 1. The lowest BCUT2D eigenvalue weighted by Crippen LogP contribution is -2.54. The van der Waals surface area contributed by atoms with Crippen LogP contribution in [-0.4, -0.2) is 67.2 Å². The van der Waals surface area contributed by atoms with Crippen molar-refractivity contribution in [2.45, 2.75) is 37.2 Å². The van der Waals surface area contributed by atoms with Gasteiger partial charge >= 0.3 is 0 Å². The predicted octanol–water partition coefficient (Wildman–Crippen LogP) is 2.36. The van der Waals surface area contributed by atoms with E-state index < -0.39 is 16.1 Å². The van der Waals surface area contributed by atoms with Gasteiger partial charge in [0.2, 0.25) is 15.9 Å². The Kier molecular flexibility index (Phi) is 6.60. The van der Waals surface area contributed by atoms with Gasteiger partial charge in [-0.2, -0.15) is 9.57 Å². The van der Waals surface area contributed by atoms with Crippen molar-refractivity contribution in [2.24, 2.45) is 0 Å². The molecule has 0 spiro atoms. The summed E-state index contributed by atoms with van der Waals surface area (Å²) >= 11 is 0. The highest BCUT2D eigenvalue weighted by molar-refractivity contribution is 7.89. The van der Waals surface area contributed by atoms with E-state index in [-0.39, 0.29) is 10.8 Å². The first kappa shape index (κ1) is 22.5. The molecule has 7 nitrogen and oxygen atoms in total. The SMILES string of the molecule is Cc1ccc(S(=O)(=O)N2CCC[C@H]2C(=O)N2CCN(Cc3ccc(C#N)cc3)CC2)cc1. The standard InChI is InChI=1S/C24H28N4O3S/c1-19-4-10-22(11-5-19)32(30,31)28-12-2-3-23(28)24(29)27-15-13-26(14-16-27)18-21-8-6-20(17-25)7-9-21/h4-11,23H,2-3,12-16,18H2,1H3/t23-/m0/s1. The molecule has 2 aliphatic heterocycles. The van der Waals surface area contributed by atoms with Gasteiger partial charge in [-0.15, -0.1) is 0 Å². The van der Waals surface area contributed by atoms with E-state index in [1.165, 1.54) is 4.31 Å². The number of hydrogen-bond donors (Lipinski definition) is 0. The lowest BCUT2D eigenvalue weighted by Gasteiger charge is -2.37. The summed E-state index contributed by atoms with van der Waals surface area (Å²) in [5.74, 6) is -0.0868. The second-order valence-corrected chi connectivity index (χ2v) is 10.4. The third kappa shape index (κ3) is 4.70. The van der Waals surface area contributed by atoms with Gasteiger partial charge in [-0.1, -0.05) is 29.8 Å². The van der Waals surface area contributed by atoms with Gasteiger partial charge in [-0.05, 0) is 49.6 Å². The normalized spacial score (nSPS) is 20.2. The summed E-state index contributed by atoms with van der Waals surface area (Å²) in [6, 6.07) is 15.9. The molecule has 0 aromatic heterocycles. The number of piperazine rings is 1. The zero-order valence-corrected chi connectivity index (χ0v) is 19.1. The first-order chi connectivity index (χ1) is 15.4. The predicted molar refractivity (Wildman–Crippen MR) is 121 cm³/mol.